The van der Waals surface area contributed by atoms with Gasteiger partial charge in [0.25, 0.3) is 0 Å². The lowest BCUT2D eigenvalue weighted by atomic mass is 10.1. The van der Waals surface area contributed by atoms with Gasteiger partial charge in [-0.2, -0.15) is 0 Å². The van der Waals surface area contributed by atoms with Gasteiger partial charge in [-0.1, -0.05) is 29.3 Å². The van der Waals surface area contributed by atoms with Crippen LogP contribution in [0.4, 0.5) is 0 Å². The topological polar surface area (TPSA) is 104 Å². The number of nitrogens with zero attached hydrogens (tertiary/aromatic N) is 2. The molecule has 1 aliphatic heterocycles. The van der Waals surface area contributed by atoms with Crippen molar-refractivity contribution in [3.63, 3.8) is 0 Å². The van der Waals surface area contributed by atoms with Crippen molar-refractivity contribution in [3.05, 3.63) is 39.9 Å². The Labute approximate surface area is 177 Å². The van der Waals surface area contributed by atoms with Crippen LogP contribution in [0.5, 0.6) is 0 Å². The molecule has 1 saturated heterocycles. The summed E-state index contributed by atoms with van der Waals surface area (Å²) in [7, 11) is 1.13. The molecule has 29 heavy (non-hydrogen) atoms. The van der Waals surface area contributed by atoms with Crippen LogP contribution in [0.25, 0.3) is 6.08 Å². The molecule has 1 heterocycles. The third-order valence-electron chi connectivity index (χ3n) is 4.42. The molecule has 0 spiro atoms. The lowest BCUT2D eigenvalue weighted by Crippen LogP contribution is -2.47. The molecule has 1 aliphatic rings. The summed E-state index contributed by atoms with van der Waals surface area (Å²) in [6.45, 7) is 0.336. The number of halogens is 2. The molecule has 0 saturated carbocycles. The lowest BCUT2D eigenvalue weighted by Gasteiger charge is -2.27. The Kier molecular flexibility index (Phi) is 8.04. The van der Waals surface area contributed by atoms with Crippen LogP contribution in [0.3, 0.4) is 0 Å². The fourth-order valence-corrected chi connectivity index (χ4v) is 3.21. The van der Waals surface area contributed by atoms with E-state index < -0.39 is 30.3 Å². The molecule has 1 aromatic carbocycles. The number of amides is 2. The smallest absolute Gasteiger partial charge is 0.329 e. The summed E-state index contributed by atoms with van der Waals surface area (Å²) in [6, 6.07) is 3.71. The SMILES string of the molecule is COC(=O)C(CC(=O)O)N1CCN(C(=O)/C=C/c2ccc(Cl)c(Cl)c2)CCC1=O. The first-order chi connectivity index (χ1) is 13.7. The van der Waals surface area contributed by atoms with Crippen molar-refractivity contribution in [2.24, 2.45) is 0 Å². The van der Waals surface area contributed by atoms with Gasteiger partial charge in [-0.25, -0.2) is 4.79 Å². The standard InChI is InChI=1S/C19H20Cl2N2O6/c1-29-19(28)15(11-18(26)27)23-9-8-22(7-6-17(23)25)16(24)5-3-12-2-4-13(20)14(21)10-12/h2-5,10,15H,6-9,11H2,1H3,(H,26,27)/b5-3+. The van der Waals surface area contributed by atoms with E-state index in [9.17, 15) is 19.2 Å². The lowest BCUT2D eigenvalue weighted by molar-refractivity contribution is -0.156. The molecule has 2 amide bonds. The Bertz CT molecular complexity index is 842. The van der Waals surface area contributed by atoms with Crippen LogP contribution in [0.15, 0.2) is 24.3 Å². The van der Waals surface area contributed by atoms with Gasteiger partial charge in [0, 0.05) is 32.1 Å². The first-order valence-electron chi connectivity index (χ1n) is 8.74. The third-order valence-corrected chi connectivity index (χ3v) is 5.16. The van der Waals surface area contributed by atoms with E-state index in [0.717, 1.165) is 12.0 Å². The highest BCUT2D eigenvalue weighted by molar-refractivity contribution is 6.42. The highest BCUT2D eigenvalue weighted by Crippen LogP contribution is 2.23. The Morgan fingerprint density at radius 1 is 1.21 bits per heavy atom. The summed E-state index contributed by atoms with van der Waals surface area (Å²) >= 11 is 11.8. The van der Waals surface area contributed by atoms with E-state index >= 15 is 0 Å². The number of rotatable bonds is 6. The van der Waals surface area contributed by atoms with Crippen LogP contribution in [-0.2, 0) is 23.9 Å². The predicted octanol–water partition coefficient (Wildman–Crippen LogP) is 2.08. The molecule has 0 aliphatic carbocycles. The largest absolute Gasteiger partial charge is 0.481 e. The number of carbonyl (C=O) groups is 4. The quantitative estimate of drug-likeness (QED) is 0.534. The van der Waals surface area contributed by atoms with Crippen molar-refractivity contribution in [1.29, 1.82) is 0 Å². The zero-order valence-corrected chi connectivity index (χ0v) is 17.2. The van der Waals surface area contributed by atoms with Crippen LogP contribution in [0.1, 0.15) is 18.4 Å². The first-order valence-corrected chi connectivity index (χ1v) is 9.49. The number of hydrogen-bond acceptors (Lipinski definition) is 5. The molecule has 0 bridgehead atoms. The molecule has 156 valence electrons. The number of hydrogen-bond donors (Lipinski definition) is 1. The number of esters is 1. The minimum Gasteiger partial charge on any atom is -0.481 e. The number of aliphatic carboxylic acids is 1. The molecule has 1 N–H and O–H groups in total. The second-order valence-corrected chi connectivity index (χ2v) is 7.12. The molecule has 2 rings (SSSR count). The van der Waals surface area contributed by atoms with Crippen molar-refractivity contribution < 1.29 is 29.0 Å². The summed E-state index contributed by atoms with van der Waals surface area (Å²) in [5.41, 5.74) is 0.687. The Morgan fingerprint density at radius 2 is 1.93 bits per heavy atom. The number of ether oxygens (including phenoxy) is 1. The Morgan fingerprint density at radius 3 is 2.55 bits per heavy atom. The average Bonchev–Trinajstić information content (AvgIpc) is 2.87. The Balaban J connectivity index is 2.08. The van der Waals surface area contributed by atoms with E-state index in [0.29, 0.717) is 15.6 Å². The monoisotopic (exact) mass is 442 g/mol. The van der Waals surface area contributed by atoms with Crippen molar-refractivity contribution in [1.82, 2.24) is 9.80 Å². The second kappa shape index (κ2) is 10.3. The van der Waals surface area contributed by atoms with Gasteiger partial charge in [-0.05, 0) is 23.8 Å². The zero-order valence-electron chi connectivity index (χ0n) is 15.6. The molecule has 0 radical (unpaired) electrons. The number of carboxylic acids is 1. The summed E-state index contributed by atoms with van der Waals surface area (Å²) < 4.78 is 4.63. The number of carbonyl (C=O) groups excluding carboxylic acids is 3. The molecule has 10 heteroatoms. The number of benzene rings is 1. The van der Waals surface area contributed by atoms with E-state index in [2.05, 4.69) is 4.74 Å². The van der Waals surface area contributed by atoms with Crippen LogP contribution < -0.4 is 0 Å². The van der Waals surface area contributed by atoms with Crippen LogP contribution in [0.2, 0.25) is 10.0 Å². The van der Waals surface area contributed by atoms with E-state index in [1.54, 1.807) is 24.3 Å². The molecule has 1 aromatic rings. The fraction of sp³-hybridized carbons (Fsp3) is 0.368. The van der Waals surface area contributed by atoms with Crippen molar-refractivity contribution in [2.75, 3.05) is 26.7 Å². The van der Waals surface area contributed by atoms with E-state index in [-0.39, 0.29) is 32.0 Å². The predicted molar refractivity (Wildman–Crippen MR) is 106 cm³/mol. The minimum absolute atomic E-state index is 0.0260. The first kappa shape index (κ1) is 22.7. The Hall–Kier alpha value is -2.58. The van der Waals surface area contributed by atoms with E-state index in [1.165, 1.54) is 11.0 Å². The van der Waals surface area contributed by atoms with Crippen molar-refractivity contribution in [3.8, 4) is 0 Å². The molecule has 1 fully saturated rings. The van der Waals surface area contributed by atoms with Crippen molar-refractivity contribution >= 4 is 53.0 Å². The van der Waals surface area contributed by atoms with Gasteiger partial charge >= 0.3 is 11.9 Å². The van der Waals surface area contributed by atoms with Gasteiger partial charge in [0.2, 0.25) is 11.8 Å². The van der Waals surface area contributed by atoms with Gasteiger partial charge in [0.05, 0.1) is 23.6 Å². The van der Waals surface area contributed by atoms with Gasteiger partial charge < -0.3 is 19.6 Å². The maximum atomic E-state index is 12.5. The van der Waals surface area contributed by atoms with Gasteiger partial charge in [-0.3, -0.25) is 14.4 Å². The number of methoxy groups -OCH3 is 1. The van der Waals surface area contributed by atoms with Gasteiger partial charge in [-0.15, -0.1) is 0 Å². The van der Waals surface area contributed by atoms with E-state index in [1.807, 2.05) is 0 Å². The van der Waals surface area contributed by atoms with Crippen LogP contribution in [-0.4, -0.2) is 71.4 Å². The summed E-state index contributed by atoms with van der Waals surface area (Å²) in [4.78, 5) is 50.5. The molecule has 1 unspecified atom stereocenters. The van der Waals surface area contributed by atoms with E-state index in [4.69, 9.17) is 28.3 Å². The molecule has 1 atom stereocenters. The normalized spacial score (nSPS) is 15.9. The van der Waals surface area contributed by atoms with Crippen LogP contribution >= 0.6 is 23.2 Å². The average molecular weight is 443 g/mol. The highest BCUT2D eigenvalue weighted by atomic mass is 35.5. The third kappa shape index (κ3) is 6.20. The minimum atomic E-state index is -1.23. The molecule has 0 aromatic heterocycles. The van der Waals surface area contributed by atoms with Crippen molar-refractivity contribution in [2.45, 2.75) is 18.9 Å². The van der Waals surface area contributed by atoms with Gasteiger partial charge in [0.1, 0.15) is 6.04 Å². The number of carboxylic acid groups (broad SMARTS) is 1. The maximum absolute atomic E-state index is 12.5. The summed E-state index contributed by atoms with van der Waals surface area (Å²) in [6.07, 6.45) is 2.34. The molecular formula is C19H20Cl2N2O6. The second-order valence-electron chi connectivity index (χ2n) is 6.31. The molecular weight excluding hydrogens is 423 g/mol. The fourth-order valence-electron chi connectivity index (χ4n) is 2.90. The maximum Gasteiger partial charge on any atom is 0.329 e. The summed E-state index contributed by atoms with van der Waals surface area (Å²) in [5, 5.41) is 9.80. The molecule has 8 nitrogen and oxygen atoms in total. The van der Waals surface area contributed by atoms with Gasteiger partial charge in [0.15, 0.2) is 0 Å². The highest BCUT2D eigenvalue weighted by Gasteiger charge is 2.34. The zero-order chi connectivity index (χ0) is 21.6. The van der Waals surface area contributed by atoms with Crippen LogP contribution in [0, 0.1) is 0 Å². The summed E-state index contributed by atoms with van der Waals surface area (Å²) in [5.74, 6) is -2.76.